The number of hydrogen-bond acceptors (Lipinski definition) is 6. The van der Waals surface area contributed by atoms with Crippen LogP contribution in [0.2, 0.25) is 5.15 Å². The fourth-order valence-corrected chi connectivity index (χ4v) is 4.42. The van der Waals surface area contributed by atoms with E-state index in [2.05, 4.69) is 10.3 Å². The molecular formula is C20H14ClN3O4S. The number of methoxy groups -OCH3 is 1. The van der Waals surface area contributed by atoms with Crippen LogP contribution in [0, 0.1) is 17.0 Å². The van der Waals surface area contributed by atoms with Crippen LogP contribution in [0.15, 0.2) is 42.5 Å². The van der Waals surface area contributed by atoms with E-state index in [9.17, 15) is 14.9 Å². The van der Waals surface area contributed by atoms with Crippen LogP contribution in [0.3, 0.4) is 0 Å². The topological polar surface area (TPSA) is 94.4 Å². The first kappa shape index (κ1) is 19.1. The standard InChI is InChI=1S/C20H14ClN3O4S/c1-10-3-5-14-12(7-10)18-13(19(21)22-14)9-17(29-18)20(25)23-15-8-11(24(26)27)4-6-16(15)28-2/h3-9H,1-2H3,(H,23,25). The molecule has 0 unspecified atom stereocenters. The number of fused-ring (bicyclic) bond motifs is 3. The molecule has 2 aromatic carbocycles. The van der Waals surface area contributed by atoms with Gasteiger partial charge in [-0.25, -0.2) is 4.98 Å². The number of ether oxygens (including phenoxy) is 1. The quantitative estimate of drug-likeness (QED) is 0.260. The van der Waals surface area contributed by atoms with E-state index in [-0.39, 0.29) is 11.4 Å². The summed E-state index contributed by atoms with van der Waals surface area (Å²) < 4.78 is 6.06. The molecule has 4 rings (SSSR count). The van der Waals surface area contributed by atoms with Crippen molar-refractivity contribution < 1.29 is 14.5 Å². The Bertz CT molecular complexity index is 1300. The summed E-state index contributed by atoms with van der Waals surface area (Å²) in [6.45, 7) is 1.98. The van der Waals surface area contributed by atoms with Crippen molar-refractivity contribution in [3.63, 3.8) is 0 Å². The highest BCUT2D eigenvalue weighted by atomic mass is 35.5. The van der Waals surface area contributed by atoms with Crippen molar-refractivity contribution in [3.05, 3.63) is 68.2 Å². The molecule has 1 amide bonds. The van der Waals surface area contributed by atoms with Gasteiger partial charge in [-0.15, -0.1) is 11.3 Å². The number of halogens is 1. The maximum Gasteiger partial charge on any atom is 0.271 e. The van der Waals surface area contributed by atoms with Gasteiger partial charge in [0.25, 0.3) is 11.6 Å². The van der Waals surface area contributed by atoms with Crippen LogP contribution in [0.25, 0.3) is 21.0 Å². The molecule has 0 saturated carbocycles. The van der Waals surface area contributed by atoms with Gasteiger partial charge in [-0.05, 0) is 31.2 Å². The number of rotatable bonds is 4. The van der Waals surface area contributed by atoms with E-state index in [1.54, 1.807) is 6.07 Å². The SMILES string of the molecule is COc1ccc([N+](=O)[O-])cc1NC(=O)c1cc2c(Cl)nc3ccc(C)cc3c2s1. The second-order valence-electron chi connectivity index (χ2n) is 6.37. The third-order valence-electron chi connectivity index (χ3n) is 4.44. The zero-order valence-corrected chi connectivity index (χ0v) is 16.9. The van der Waals surface area contributed by atoms with Crippen molar-refractivity contribution in [2.45, 2.75) is 6.92 Å². The molecular weight excluding hydrogens is 414 g/mol. The lowest BCUT2D eigenvalue weighted by Crippen LogP contribution is -2.11. The molecule has 4 aromatic rings. The fraction of sp³-hybridized carbons (Fsp3) is 0.100. The number of pyridine rings is 1. The number of nitrogens with one attached hydrogen (secondary N) is 1. The van der Waals surface area contributed by atoms with E-state index < -0.39 is 10.8 Å². The van der Waals surface area contributed by atoms with Crippen LogP contribution >= 0.6 is 22.9 Å². The maximum absolute atomic E-state index is 12.9. The zero-order chi connectivity index (χ0) is 20.7. The number of carbonyl (C=O) groups excluding carboxylic acids is 1. The summed E-state index contributed by atoms with van der Waals surface area (Å²) in [5.41, 5.74) is 1.89. The molecule has 0 bridgehead atoms. The predicted molar refractivity (Wildman–Crippen MR) is 114 cm³/mol. The van der Waals surface area contributed by atoms with Gasteiger partial charge in [0.05, 0.1) is 28.1 Å². The average Bonchev–Trinajstić information content (AvgIpc) is 3.15. The summed E-state index contributed by atoms with van der Waals surface area (Å²) in [6, 6.07) is 11.5. The lowest BCUT2D eigenvalue weighted by atomic mass is 10.1. The molecule has 0 aliphatic rings. The first-order valence-corrected chi connectivity index (χ1v) is 9.70. The van der Waals surface area contributed by atoms with Gasteiger partial charge in [-0.3, -0.25) is 14.9 Å². The number of hydrogen-bond donors (Lipinski definition) is 1. The van der Waals surface area contributed by atoms with Gasteiger partial charge in [0.15, 0.2) is 0 Å². The van der Waals surface area contributed by atoms with Crippen molar-refractivity contribution in [2.75, 3.05) is 12.4 Å². The molecule has 29 heavy (non-hydrogen) atoms. The van der Waals surface area contributed by atoms with Gasteiger partial charge in [0, 0.05) is 27.6 Å². The average molecular weight is 428 g/mol. The molecule has 0 spiro atoms. The Labute approximate surface area is 174 Å². The summed E-state index contributed by atoms with van der Waals surface area (Å²) in [5.74, 6) is -0.0901. The van der Waals surface area contributed by atoms with Crippen LogP contribution in [-0.2, 0) is 0 Å². The van der Waals surface area contributed by atoms with Crippen LogP contribution in [0.4, 0.5) is 11.4 Å². The summed E-state index contributed by atoms with van der Waals surface area (Å²) in [6.07, 6.45) is 0. The number of anilines is 1. The number of nitro benzene ring substituents is 1. The number of non-ortho nitro benzene ring substituents is 1. The Morgan fingerprint density at radius 2 is 2.00 bits per heavy atom. The largest absolute Gasteiger partial charge is 0.495 e. The molecule has 7 nitrogen and oxygen atoms in total. The minimum absolute atomic E-state index is 0.147. The van der Waals surface area contributed by atoms with Gasteiger partial charge in [0.2, 0.25) is 0 Å². The second-order valence-corrected chi connectivity index (χ2v) is 7.78. The Kier molecular flexibility index (Phi) is 4.81. The van der Waals surface area contributed by atoms with Crippen molar-refractivity contribution in [2.24, 2.45) is 0 Å². The smallest absolute Gasteiger partial charge is 0.271 e. The van der Waals surface area contributed by atoms with Crippen molar-refractivity contribution >= 4 is 61.2 Å². The fourth-order valence-electron chi connectivity index (χ4n) is 3.04. The molecule has 1 N–H and O–H groups in total. The highest BCUT2D eigenvalue weighted by Crippen LogP contribution is 2.37. The van der Waals surface area contributed by atoms with E-state index in [1.807, 2.05) is 25.1 Å². The number of benzene rings is 2. The minimum Gasteiger partial charge on any atom is -0.495 e. The van der Waals surface area contributed by atoms with E-state index in [4.69, 9.17) is 16.3 Å². The lowest BCUT2D eigenvalue weighted by molar-refractivity contribution is -0.384. The van der Waals surface area contributed by atoms with Crippen LogP contribution in [0.1, 0.15) is 15.2 Å². The van der Waals surface area contributed by atoms with E-state index in [0.717, 1.165) is 21.2 Å². The van der Waals surface area contributed by atoms with Crippen LogP contribution in [-0.4, -0.2) is 22.9 Å². The normalized spacial score (nSPS) is 11.0. The van der Waals surface area contributed by atoms with Crippen LogP contribution < -0.4 is 10.1 Å². The Balaban J connectivity index is 1.77. The number of carbonyl (C=O) groups is 1. The first-order chi connectivity index (χ1) is 13.9. The monoisotopic (exact) mass is 427 g/mol. The molecule has 0 fully saturated rings. The molecule has 0 atom stereocenters. The number of thiophene rings is 1. The Morgan fingerprint density at radius 3 is 2.72 bits per heavy atom. The number of amides is 1. The summed E-state index contributed by atoms with van der Waals surface area (Å²) in [5, 5.41) is 15.7. The lowest BCUT2D eigenvalue weighted by Gasteiger charge is -2.09. The highest BCUT2D eigenvalue weighted by molar-refractivity contribution is 7.22. The van der Waals surface area contributed by atoms with E-state index in [0.29, 0.717) is 21.2 Å². The highest BCUT2D eigenvalue weighted by Gasteiger charge is 2.18. The molecule has 146 valence electrons. The molecule has 0 aliphatic heterocycles. The van der Waals surface area contributed by atoms with E-state index in [1.165, 1.54) is 36.6 Å². The number of nitro groups is 1. The third kappa shape index (κ3) is 3.48. The minimum atomic E-state index is -0.533. The Hall–Kier alpha value is -3.23. The number of aryl methyl sites for hydroxylation is 1. The van der Waals surface area contributed by atoms with Crippen molar-refractivity contribution in [1.29, 1.82) is 0 Å². The second kappa shape index (κ2) is 7.31. The number of nitrogens with zero attached hydrogens (tertiary/aromatic N) is 2. The third-order valence-corrected chi connectivity index (χ3v) is 5.89. The molecule has 0 radical (unpaired) electrons. The summed E-state index contributed by atoms with van der Waals surface area (Å²) >= 11 is 7.62. The molecule has 2 heterocycles. The molecule has 0 saturated heterocycles. The van der Waals surface area contributed by atoms with Crippen molar-refractivity contribution in [1.82, 2.24) is 4.98 Å². The molecule has 9 heteroatoms. The van der Waals surface area contributed by atoms with Gasteiger partial charge in [-0.2, -0.15) is 0 Å². The molecule has 2 aromatic heterocycles. The predicted octanol–water partition coefficient (Wildman–Crippen LogP) is 5.58. The van der Waals surface area contributed by atoms with Gasteiger partial charge in [0.1, 0.15) is 10.9 Å². The summed E-state index contributed by atoms with van der Waals surface area (Å²) in [7, 11) is 1.43. The zero-order valence-electron chi connectivity index (χ0n) is 15.4. The van der Waals surface area contributed by atoms with Gasteiger partial charge < -0.3 is 10.1 Å². The Morgan fingerprint density at radius 1 is 1.21 bits per heavy atom. The summed E-state index contributed by atoms with van der Waals surface area (Å²) in [4.78, 5) is 28.2. The van der Waals surface area contributed by atoms with E-state index >= 15 is 0 Å². The first-order valence-electron chi connectivity index (χ1n) is 8.50. The number of aromatic nitrogens is 1. The molecule has 0 aliphatic carbocycles. The maximum atomic E-state index is 12.9. The van der Waals surface area contributed by atoms with Gasteiger partial charge in [-0.1, -0.05) is 23.2 Å². The van der Waals surface area contributed by atoms with Crippen LogP contribution in [0.5, 0.6) is 5.75 Å². The van der Waals surface area contributed by atoms with Gasteiger partial charge >= 0.3 is 0 Å². The van der Waals surface area contributed by atoms with Crippen molar-refractivity contribution in [3.8, 4) is 5.75 Å².